The number of piperidine rings is 1. The van der Waals surface area contributed by atoms with E-state index in [-0.39, 0.29) is 5.91 Å². The standard InChI is InChI=1S/C14H20N2O/c1-10(2)13-5-4-12(9-15-13)11-6-7-16(3)14(17)8-11/h4-5,9-11H,6-8H2,1-3H3. The van der Waals surface area contributed by atoms with Crippen LogP contribution in [0.5, 0.6) is 0 Å². The third-order valence-electron chi connectivity index (χ3n) is 3.53. The van der Waals surface area contributed by atoms with Crippen molar-refractivity contribution in [2.75, 3.05) is 13.6 Å². The molecule has 1 saturated heterocycles. The monoisotopic (exact) mass is 232 g/mol. The van der Waals surface area contributed by atoms with Gasteiger partial charge >= 0.3 is 0 Å². The summed E-state index contributed by atoms with van der Waals surface area (Å²) in [7, 11) is 1.87. The molecular weight excluding hydrogens is 212 g/mol. The quantitative estimate of drug-likeness (QED) is 0.785. The fourth-order valence-electron chi connectivity index (χ4n) is 2.23. The predicted molar refractivity (Wildman–Crippen MR) is 67.9 cm³/mol. The van der Waals surface area contributed by atoms with Crippen LogP contribution in [0.25, 0.3) is 0 Å². The molecule has 0 aliphatic carbocycles. The van der Waals surface area contributed by atoms with Gasteiger partial charge in [-0.1, -0.05) is 19.9 Å². The predicted octanol–water partition coefficient (Wildman–Crippen LogP) is 2.54. The molecule has 1 aromatic heterocycles. The summed E-state index contributed by atoms with van der Waals surface area (Å²) in [6, 6.07) is 4.22. The van der Waals surface area contributed by atoms with Gasteiger partial charge in [-0.25, -0.2) is 0 Å². The summed E-state index contributed by atoms with van der Waals surface area (Å²) in [5.41, 5.74) is 2.32. The minimum Gasteiger partial charge on any atom is -0.346 e. The highest BCUT2D eigenvalue weighted by atomic mass is 16.2. The summed E-state index contributed by atoms with van der Waals surface area (Å²) in [6.07, 6.45) is 3.61. The van der Waals surface area contributed by atoms with Crippen molar-refractivity contribution in [3.63, 3.8) is 0 Å². The molecule has 92 valence electrons. The second kappa shape index (κ2) is 4.86. The molecule has 2 rings (SSSR count). The summed E-state index contributed by atoms with van der Waals surface area (Å²) < 4.78 is 0. The number of nitrogens with zero attached hydrogens (tertiary/aromatic N) is 2. The minimum absolute atomic E-state index is 0.245. The Labute approximate surface area is 103 Å². The number of aromatic nitrogens is 1. The van der Waals surface area contributed by atoms with Gasteiger partial charge in [-0.3, -0.25) is 9.78 Å². The molecule has 1 aliphatic heterocycles. The topological polar surface area (TPSA) is 33.2 Å². The largest absolute Gasteiger partial charge is 0.346 e. The van der Waals surface area contributed by atoms with Crippen LogP contribution in [0.4, 0.5) is 0 Å². The van der Waals surface area contributed by atoms with E-state index in [1.807, 2.05) is 18.1 Å². The first-order chi connectivity index (χ1) is 8.08. The van der Waals surface area contributed by atoms with Gasteiger partial charge in [-0.15, -0.1) is 0 Å². The number of carbonyl (C=O) groups excluding carboxylic acids is 1. The van der Waals surface area contributed by atoms with Crippen molar-refractivity contribution in [3.8, 4) is 0 Å². The number of carbonyl (C=O) groups is 1. The molecule has 1 aliphatic rings. The van der Waals surface area contributed by atoms with Gasteiger partial charge in [0.05, 0.1) is 0 Å². The van der Waals surface area contributed by atoms with Crippen molar-refractivity contribution >= 4 is 5.91 Å². The maximum absolute atomic E-state index is 11.7. The molecule has 1 atom stereocenters. The highest BCUT2D eigenvalue weighted by molar-refractivity contribution is 5.77. The third-order valence-corrected chi connectivity index (χ3v) is 3.53. The number of hydrogen-bond acceptors (Lipinski definition) is 2. The van der Waals surface area contributed by atoms with Crippen LogP contribution >= 0.6 is 0 Å². The molecule has 0 aromatic carbocycles. The molecule has 2 heterocycles. The van der Waals surface area contributed by atoms with E-state index in [1.165, 1.54) is 5.56 Å². The molecule has 1 unspecified atom stereocenters. The average molecular weight is 232 g/mol. The summed E-state index contributed by atoms with van der Waals surface area (Å²) >= 11 is 0. The summed E-state index contributed by atoms with van der Waals surface area (Å²) in [5.74, 6) is 1.06. The van der Waals surface area contributed by atoms with Crippen LogP contribution in [-0.4, -0.2) is 29.4 Å². The van der Waals surface area contributed by atoms with Crippen molar-refractivity contribution in [2.45, 2.75) is 38.5 Å². The lowest BCUT2D eigenvalue weighted by Gasteiger charge is -2.28. The van der Waals surface area contributed by atoms with Gasteiger partial charge in [0.2, 0.25) is 5.91 Å². The van der Waals surface area contributed by atoms with E-state index in [0.29, 0.717) is 18.3 Å². The van der Waals surface area contributed by atoms with Crippen LogP contribution in [-0.2, 0) is 4.79 Å². The lowest BCUT2D eigenvalue weighted by molar-refractivity contribution is -0.132. The smallest absolute Gasteiger partial charge is 0.222 e. The van der Waals surface area contributed by atoms with Crippen LogP contribution in [0, 0.1) is 0 Å². The Morgan fingerprint density at radius 3 is 2.71 bits per heavy atom. The number of hydrogen-bond donors (Lipinski definition) is 0. The maximum Gasteiger partial charge on any atom is 0.222 e. The van der Waals surface area contributed by atoms with Crippen LogP contribution in [0.1, 0.15) is 49.8 Å². The molecular formula is C14H20N2O. The number of amides is 1. The molecule has 3 heteroatoms. The van der Waals surface area contributed by atoms with E-state index >= 15 is 0 Å². The first-order valence-corrected chi connectivity index (χ1v) is 6.27. The van der Waals surface area contributed by atoms with Gasteiger partial charge in [-0.05, 0) is 29.9 Å². The van der Waals surface area contributed by atoms with Gasteiger partial charge in [0.1, 0.15) is 0 Å². The van der Waals surface area contributed by atoms with Crippen molar-refractivity contribution in [1.82, 2.24) is 9.88 Å². The zero-order chi connectivity index (χ0) is 12.4. The number of rotatable bonds is 2. The fraction of sp³-hybridized carbons (Fsp3) is 0.571. The molecule has 1 fully saturated rings. The molecule has 1 amide bonds. The second-order valence-electron chi connectivity index (χ2n) is 5.18. The van der Waals surface area contributed by atoms with Gasteiger partial charge in [-0.2, -0.15) is 0 Å². The van der Waals surface area contributed by atoms with Crippen molar-refractivity contribution in [3.05, 3.63) is 29.6 Å². The van der Waals surface area contributed by atoms with Crippen molar-refractivity contribution < 1.29 is 4.79 Å². The molecule has 3 nitrogen and oxygen atoms in total. The normalized spacial score (nSPS) is 21.1. The molecule has 0 saturated carbocycles. The maximum atomic E-state index is 11.7. The van der Waals surface area contributed by atoms with E-state index in [9.17, 15) is 4.79 Å². The first kappa shape index (κ1) is 12.1. The molecule has 0 N–H and O–H groups in total. The Morgan fingerprint density at radius 2 is 2.18 bits per heavy atom. The van der Waals surface area contributed by atoms with E-state index in [4.69, 9.17) is 0 Å². The Kier molecular flexibility index (Phi) is 3.46. The molecule has 0 bridgehead atoms. The van der Waals surface area contributed by atoms with Crippen LogP contribution in [0.2, 0.25) is 0 Å². The Bertz CT molecular complexity index is 397. The van der Waals surface area contributed by atoms with Crippen molar-refractivity contribution in [2.24, 2.45) is 0 Å². The lowest BCUT2D eigenvalue weighted by atomic mass is 9.90. The molecule has 1 aromatic rings. The Hall–Kier alpha value is -1.38. The lowest BCUT2D eigenvalue weighted by Crippen LogP contribution is -2.34. The van der Waals surface area contributed by atoms with Gasteiger partial charge < -0.3 is 4.90 Å². The van der Waals surface area contributed by atoms with Gasteiger partial charge in [0, 0.05) is 31.9 Å². The van der Waals surface area contributed by atoms with Gasteiger partial charge in [0.15, 0.2) is 0 Å². The van der Waals surface area contributed by atoms with Gasteiger partial charge in [0.25, 0.3) is 0 Å². The van der Waals surface area contributed by atoms with E-state index < -0.39 is 0 Å². The Balaban J connectivity index is 2.10. The van der Waals surface area contributed by atoms with E-state index in [0.717, 1.165) is 18.7 Å². The average Bonchev–Trinajstić information content (AvgIpc) is 2.33. The summed E-state index contributed by atoms with van der Waals surface area (Å²) in [5, 5.41) is 0. The summed E-state index contributed by atoms with van der Waals surface area (Å²) in [4.78, 5) is 17.9. The zero-order valence-electron chi connectivity index (χ0n) is 10.8. The molecule has 0 spiro atoms. The highest BCUT2D eigenvalue weighted by Gasteiger charge is 2.24. The number of likely N-dealkylation sites (tertiary alicyclic amines) is 1. The van der Waals surface area contributed by atoms with Crippen LogP contribution in [0.3, 0.4) is 0 Å². The highest BCUT2D eigenvalue weighted by Crippen LogP contribution is 2.28. The Morgan fingerprint density at radius 1 is 1.41 bits per heavy atom. The second-order valence-corrected chi connectivity index (χ2v) is 5.18. The van der Waals surface area contributed by atoms with E-state index in [1.54, 1.807) is 0 Å². The summed E-state index contributed by atoms with van der Waals surface area (Å²) in [6.45, 7) is 5.14. The fourth-order valence-corrected chi connectivity index (χ4v) is 2.23. The number of pyridine rings is 1. The van der Waals surface area contributed by atoms with Crippen LogP contribution < -0.4 is 0 Å². The molecule has 17 heavy (non-hydrogen) atoms. The third kappa shape index (κ3) is 2.65. The van der Waals surface area contributed by atoms with Crippen LogP contribution in [0.15, 0.2) is 18.3 Å². The van der Waals surface area contributed by atoms with Crippen molar-refractivity contribution in [1.29, 1.82) is 0 Å². The minimum atomic E-state index is 0.245. The zero-order valence-corrected chi connectivity index (χ0v) is 10.8. The molecule has 0 radical (unpaired) electrons. The van der Waals surface area contributed by atoms with E-state index in [2.05, 4.69) is 31.0 Å². The first-order valence-electron chi connectivity index (χ1n) is 6.27. The SMILES string of the molecule is CC(C)c1ccc(C2CCN(C)C(=O)C2)cn1.